The molecule has 0 unspecified atom stereocenters. The maximum Gasteiger partial charge on any atom is 0.594 e. The second kappa shape index (κ2) is 8.56. The van der Waals surface area contributed by atoms with Gasteiger partial charge in [0, 0.05) is 13.2 Å². The largest absolute Gasteiger partial charge is 0.594 e. The average Bonchev–Trinajstić information content (AvgIpc) is 2.27. The van der Waals surface area contributed by atoms with Gasteiger partial charge in [0.25, 0.3) is 0 Å². The highest BCUT2D eigenvalue weighted by molar-refractivity contribution is 6.66. The van der Waals surface area contributed by atoms with E-state index in [2.05, 4.69) is 19.6 Å². The third-order valence-corrected chi connectivity index (χ3v) is 4.45. The maximum absolute atomic E-state index is 5.81. The molecule has 0 aliphatic carbocycles. The Hall–Kier alpha value is -0.583. The molecule has 0 aromatic rings. The van der Waals surface area contributed by atoms with Crippen molar-refractivity contribution in [3.63, 3.8) is 0 Å². The van der Waals surface area contributed by atoms with Crippen LogP contribution in [-0.2, 0) is 13.3 Å². The van der Waals surface area contributed by atoms with Gasteiger partial charge in [0.05, 0.1) is 5.76 Å². The number of allylic oxidation sites excluding steroid dienone is 2. The first-order valence-corrected chi connectivity index (χ1v) is 7.71. The molecule has 0 spiro atoms. The Labute approximate surface area is 100 Å². The van der Waals surface area contributed by atoms with Gasteiger partial charge in [-0.3, -0.25) is 0 Å². The summed E-state index contributed by atoms with van der Waals surface area (Å²) in [4.78, 5) is 0. The summed E-state index contributed by atoms with van der Waals surface area (Å²) in [5, 5.41) is 0. The first-order valence-electron chi connectivity index (χ1n) is 5.91. The van der Waals surface area contributed by atoms with E-state index >= 15 is 0 Å². The molecular weight excluding hydrogens is 220 g/mol. The monoisotopic (exact) mass is 244 g/mol. The van der Waals surface area contributed by atoms with Crippen molar-refractivity contribution in [1.29, 1.82) is 0 Å². The Morgan fingerprint density at radius 3 is 2.12 bits per heavy atom. The molecule has 0 aromatic heterocycles. The second-order valence-corrected chi connectivity index (χ2v) is 5.78. The predicted octanol–water partition coefficient (Wildman–Crippen LogP) is 3.44. The minimum absolute atomic E-state index is 0.569. The van der Waals surface area contributed by atoms with Crippen LogP contribution in [0.4, 0.5) is 0 Å². The van der Waals surface area contributed by atoms with E-state index in [-0.39, 0.29) is 0 Å². The van der Waals surface area contributed by atoms with Gasteiger partial charge in [0.1, 0.15) is 0 Å². The van der Waals surface area contributed by atoms with Crippen LogP contribution in [0.1, 0.15) is 40.5 Å². The summed E-state index contributed by atoms with van der Waals surface area (Å²) in [5.74, 6) is 0.857. The first kappa shape index (κ1) is 15.4. The zero-order chi connectivity index (χ0) is 12.4. The molecule has 0 bridgehead atoms. The molecule has 0 saturated heterocycles. The number of hydrogen-bond donors (Lipinski definition) is 0. The van der Waals surface area contributed by atoms with Crippen molar-refractivity contribution in [3.8, 4) is 0 Å². The molecule has 0 fully saturated rings. The average molecular weight is 244 g/mol. The molecule has 0 N–H and O–H groups in total. The van der Waals surface area contributed by atoms with E-state index in [0.717, 1.165) is 18.6 Å². The normalized spacial score (nSPS) is 12.6. The fourth-order valence-electron chi connectivity index (χ4n) is 1.28. The minimum Gasteiger partial charge on any atom is -0.502 e. The predicted molar refractivity (Wildman–Crippen MR) is 69.0 cm³/mol. The lowest BCUT2D eigenvalue weighted by molar-refractivity contribution is 0.105. The molecule has 0 amide bonds. The van der Waals surface area contributed by atoms with Crippen molar-refractivity contribution >= 4 is 8.80 Å². The van der Waals surface area contributed by atoms with Gasteiger partial charge in [0.2, 0.25) is 0 Å². The molecule has 0 rings (SSSR count). The van der Waals surface area contributed by atoms with Crippen LogP contribution in [0.3, 0.4) is 0 Å². The summed E-state index contributed by atoms with van der Waals surface area (Å²) < 4.78 is 17.0. The molecule has 0 saturated carbocycles. The van der Waals surface area contributed by atoms with E-state index in [9.17, 15) is 0 Å². The molecule has 0 aliphatic rings. The summed E-state index contributed by atoms with van der Waals surface area (Å²) in [5.41, 5.74) is 1.68. The van der Waals surface area contributed by atoms with Gasteiger partial charge in [-0.25, -0.2) is 0 Å². The van der Waals surface area contributed by atoms with Crippen LogP contribution < -0.4 is 0 Å². The highest BCUT2D eigenvalue weighted by Crippen LogP contribution is 2.16. The van der Waals surface area contributed by atoms with Gasteiger partial charge < -0.3 is 13.3 Å². The van der Waals surface area contributed by atoms with Crippen LogP contribution in [0.15, 0.2) is 24.1 Å². The Morgan fingerprint density at radius 1 is 1.19 bits per heavy atom. The number of rotatable bonds is 9. The molecule has 94 valence electrons. The lowest BCUT2D eigenvalue weighted by Gasteiger charge is -2.26. The van der Waals surface area contributed by atoms with Crippen LogP contribution in [0.2, 0.25) is 0 Å². The zero-order valence-electron chi connectivity index (χ0n) is 10.9. The molecule has 16 heavy (non-hydrogen) atoms. The van der Waals surface area contributed by atoms with Crippen LogP contribution in [0.5, 0.6) is 0 Å². The van der Waals surface area contributed by atoms with Crippen molar-refractivity contribution in [2.45, 2.75) is 40.5 Å². The van der Waals surface area contributed by atoms with E-state index < -0.39 is 8.80 Å². The van der Waals surface area contributed by atoms with Crippen molar-refractivity contribution in [3.05, 3.63) is 24.1 Å². The van der Waals surface area contributed by atoms with Crippen LogP contribution in [-0.4, -0.2) is 22.0 Å². The van der Waals surface area contributed by atoms with Gasteiger partial charge in [-0.05, 0) is 39.0 Å². The fraction of sp³-hybridized carbons (Fsp3) is 0.667. The summed E-state index contributed by atoms with van der Waals surface area (Å²) in [7, 11) is -2.69. The van der Waals surface area contributed by atoms with Crippen molar-refractivity contribution in [2.75, 3.05) is 13.2 Å². The molecule has 4 heteroatoms. The minimum atomic E-state index is -2.69. The molecule has 0 aromatic carbocycles. The van der Waals surface area contributed by atoms with E-state index in [4.69, 9.17) is 13.3 Å². The smallest absolute Gasteiger partial charge is 0.502 e. The molecular formula is C12H24O3Si. The Bertz CT molecular complexity index is 220. The zero-order valence-corrected chi connectivity index (χ0v) is 11.9. The van der Waals surface area contributed by atoms with E-state index in [1.54, 1.807) is 5.70 Å². The van der Waals surface area contributed by atoms with Gasteiger partial charge in [-0.15, -0.1) is 0 Å². The highest BCUT2D eigenvalue weighted by atomic mass is 28.4. The number of unbranched alkanes of at least 4 members (excludes halogenated alkanes) is 1. The van der Waals surface area contributed by atoms with Crippen molar-refractivity contribution in [1.82, 2.24) is 0 Å². The highest BCUT2D eigenvalue weighted by Gasteiger charge is 2.39. The van der Waals surface area contributed by atoms with Gasteiger partial charge in [-0.2, -0.15) is 0 Å². The van der Waals surface area contributed by atoms with E-state index in [1.165, 1.54) is 0 Å². The molecule has 0 radical (unpaired) electrons. The lowest BCUT2D eigenvalue weighted by atomic mass is 10.3. The van der Waals surface area contributed by atoms with E-state index in [0.29, 0.717) is 13.2 Å². The van der Waals surface area contributed by atoms with Gasteiger partial charge in [-0.1, -0.05) is 19.9 Å². The summed E-state index contributed by atoms with van der Waals surface area (Å²) >= 11 is 0. The van der Waals surface area contributed by atoms with E-state index in [1.807, 2.05) is 20.8 Å². The Morgan fingerprint density at radius 2 is 1.75 bits per heavy atom. The first-order chi connectivity index (χ1) is 7.64. The molecule has 0 heterocycles. The van der Waals surface area contributed by atoms with Crippen molar-refractivity contribution < 1.29 is 13.3 Å². The molecule has 0 aliphatic heterocycles. The topological polar surface area (TPSA) is 27.7 Å². The number of hydrogen-bond acceptors (Lipinski definition) is 3. The van der Waals surface area contributed by atoms with Gasteiger partial charge >= 0.3 is 8.80 Å². The second-order valence-electron chi connectivity index (χ2n) is 3.38. The third kappa shape index (κ3) is 5.49. The molecule has 0 atom stereocenters. The van der Waals surface area contributed by atoms with Crippen LogP contribution >= 0.6 is 0 Å². The Balaban J connectivity index is 4.56. The summed E-state index contributed by atoms with van der Waals surface area (Å²) in [6, 6.07) is 0. The summed E-state index contributed by atoms with van der Waals surface area (Å²) in [6.07, 6.45) is 4.17. The quantitative estimate of drug-likeness (QED) is 0.459. The SMILES string of the molecule is C=C[Si](OCC)(OCC)OC(C)=CCCC. The lowest BCUT2D eigenvalue weighted by Crippen LogP contribution is -2.43. The van der Waals surface area contributed by atoms with Crippen LogP contribution in [0.25, 0.3) is 0 Å². The Kier molecular flexibility index (Phi) is 8.24. The summed E-state index contributed by atoms with van der Waals surface area (Å²) in [6.45, 7) is 12.8. The van der Waals surface area contributed by atoms with Crippen molar-refractivity contribution in [2.24, 2.45) is 0 Å². The standard InChI is InChI=1S/C12H24O3Si/c1-6-10-11-12(5)15-16(9-4,13-7-2)14-8-3/h9,11H,4,6-8,10H2,1-3,5H3. The van der Waals surface area contributed by atoms with Crippen LogP contribution in [0, 0.1) is 0 Å². The third-order valence-electron chi connectivity index (χ3n) is 1.96. The van der Waals surface area contributed by atoms with Gasteiger partial charge in [0.15, 0.2) is 0 Å². The maximum atomic E-state index is 5.81. The molecule has 3 nitrogen and oxygen atoms in total. The fourth-order valence-corrected chi connectivity index (χ4v) is 3.13.